The molecule has 50 heavy (non-hydrogen) atoms. The van der Waals surface area contributed by atoms with Gasteiger partial charge in [-0.2, -0.15) is 15.8 Å². The van der Waals surface area contributed by atoms with E-state index >= 15 is 0 Å². The highest BCUT2D eigenvalue weighted by atomic mass is 15.0. The molecular weight excluding hydrogens is 611 g/mol. The highest BCUT2D eigenvalue weighted by molar-refractivity contribution is 6.12. The van der Waals surface area contributed by atoms with Crippen molar-refractivity contribution < 1.29 is 0 Å². The van der Waals surface area contributed by atoms with Gasteiger partial charge in [0.05, 0.1) is 62.7 Å². The van der Waals surface area contributed by atoms with Crippen LogP contribution in [-0.2, 0) is 0 Å². The minimum Gasteiger partial charge on any atom is -0.309 e. The first kappa shape index (κ1) is 28.8. The third-order valence-electron chi connectivity index (χ3n) is 9.58. The Morgan fingerprint density at radius 2 is 1.08 bits per heavy atom. The van der Waals surface area contributed by atoms with Gasteiger partial charge in [-0.1, -0.05) is 72.8 Å². The molecule has 0 bridgehead atoms. The van der Waals surface area contributed by atoms with Gasteiger partial charge in [0.1, 0.15) is 0 Å². The van der Waals surface area contributed by atoms with Crippen molar-refractivity contribution in [3.63, 3.8) is 0 Å². The zero-order valence-corrected chi connectivity index (χ0v) is 26.7. The second-order valence-electron chi connectivity index (χ2n) is 12.3. The van der Waals surface area contributed by atoms with Crippen molar-refractivity contribution in [3.05, 3.63) is 168 Å². The fraction of sp³-hybridized carbons (Fsp3) is 0. The molecule has 9 aromatic rings. The minimum absolute atomic E-state index is 0.563. The van der Waals surface area contributed by atoms with Crippen LogP contribution in [0.5, 0.6) is 0 Å². The van der Waals surface area contributed by atoms with Gasteiger partial charge in [-0.3, -0.25) is 0 Å². The molecule has 9 rings (SSSR count). The summed E-state index contributed by atoms with van der Waals surface area (Å²) in [7, 11) is 0. The molecule has 0 saturated heterocycles. The molecule has 2 aromatic heterocycles. The first-order valence-corrected chi connectivity index (χ1v) is 16.3. The van der Waals surface area contributed by atoms with E-state index < -0.39 is 0 Å². The number of nitrogens with zero attached hydrogens (tertiary/aromatic N) is 5. The zero-order chi connectivity index (χ0) is 33.8. The highest BCUT2D eigenvalue weighted by Gasteiger charge is 2.19. The number of benzene rings is 7. The molecule has 2 heterocycles. The third-order valence-corrected chi connectivity index (χ3v) is 9.58. The summed E-state index contributed by atoms with van der Waals surface area (Å²) < 4.78 is 4.46. The van der Waals surface area contributed by atoms with Gasteiger partial charge in [-0.05, 0) is 95.6 Å². The van der Waals surface area contributed by atoms with E-state index in [1.54, 1.807) is 0 Å². The lowest BCUT2D eigenvalue weighted by Crippen LogP contribution is -1.98. The van der Waals surface area contributed by atoms with E-state index in [0.717, 1.165) is 77.2 Å². The standard InChI is InChI=1S/C45H25N5/c46-26-29-19-20-43-39(23-29)37-13-2-5-16-41(37)49(43)35-11-7-9-31(25-35)33-21-30(27-47)22-34(24-33)36-12-1-4-15-40(36)50-42-17-6-3-14-38(42)45-32(28-48)10-8-18-44(45)50/h1-25H. The molecule has 0 fully saturated rings. The Balaban J connectivity index is 1.24. The van der Waals surface area contributed by atoms with Gasteiger partial charge in [0.2, 0.25) is 0 Å². The van der Waals surface area contributed by atoms with Crippen molar-refractivity contribution in [3.8, 4) is 51.8 Å². The molecule has 0 spiro atoms. The maximum Gasteiger partial charge on any atom is 0.0998 e. The average Bonchev–Trinajstić information content (AvgIpc) is 3.70. The Morgan fingerprint density at radius 3 is 1.90 bits per heavy atom. The van der Waals surface area contributed by atoms with Crippen molar-refractivity contribution in [2.45, 2.75) is 0 Å². The summed E-state index contributed by atoms with van der Waals surface area (Å²) in [5.74, 6) is 0. The number of nitriles is 3. The molecule has 0 unspecified atom stereocenters. The van der Waals surface area contributed by atoms with Gasteiger partial charge in [-0.15, -0.1) is 0 Å². The third kappa shape index (κ3) is 4.38. The van der Waals surface area contributed by atoms with E-state index in [9.17, 15) is 15.8 Å². The average molecular weight is 636 g/mol. The van der Waals surface area contributed by atoms with E-state index in [2.05, 4.69) is 94.1 Å². The van der Waals surface area contributed by atoms with Crippen LogP contribution in [0.1, 0.15) is 16.7 Å². The van der Waals surface area contributed by atoms with E-state index in [0.29, 0.717) is 16.7 Å². The lowest BCUT2D eigenvalue weighted by atomic mass is 9.95. The number of aromatic nitrogens is 2. The van der Waals surface area contributed by atoms with Crippen LogP contribution in [0.15, 0.2) is 152 Å². The van der Waals surface area contributed by atoms with Gasteiger partial charge in [-0.25, -0.2) is 0 Å². The summed E-state index contributed by atoms with van der Waals surface area (Å²) in [6.07, 6.45) is 0. The van der Waals surface area contributed by atoms with Crippen LogP contribution in [0.2, 0.25) is 0 Å². The Morgan fingerprint density at radius 1 is 0.400 bits per heavy atom. The SMILES string of the molecule is N#Cc1cc(-c2cccc(-n3c4ccccc4c4cc(C#N)ccc43)c2)cc(-c2ccccc2-n2c3ccccc3c3c(C#N)cccc32)c1. The van der Waals surface area contributed by atoms with Gasteiger partial charge < -0.3 is 9.13 Å². The van der Waals surface area contributed by atoms with E-state index in [1.165, 1.54) is 0 Å². The molecule has 230 valence electrons. The number of hydrogen-bond donors (Lipinski definition) is 0. The Labute approximate surface area is 287 Å². The summed E-state index contributed by atoms with van der Waals surface area (Å²) in [4.78, 5) is 0. The first-order valence-electron chi connectivity index (χ1n) is 16.3. The fourth-order valence-corrected chi connectivity index (χ4v) is 7.44. The van der Waals surface area contributed by atoms with E-state index in [1.807, 2.05) is 84.9 Å². The molecule has 0 aliphatic rings. The molecular formula is C45H25N5. The van der Waals surface area contributed by atoms with Gasteiger partial charge in [0, 0.05) is 32.8 Å². The fourth-order valence-electron chi connectivity index (χ4n) is 7.44. The maximum atomic E-state index is 10.2. The maximum absolute atomic E-state index is 10.2. The Bertz CT molecular complexity index is 2970. The van der Waals surface area contributed by atoms with Crippen LogP contribution in [0.4, 0.5) is 0 Å². The molecule has 0 radical (unpaired) electrons. The highest BCUT2D eigenvalue weighted by Crippen LogP contribution is 2.39. The quantitative estimate of drug-likeness (QED) is 0.193. The molecule has 0 amide bonds. The smallest absolute Gasteiger partial charge is 0.0998 e. The summed E-state index contributed by atoms with van der Waals surface area (Å²) in [5, 5.41) is 33.9. The zero-order valence-electron chi connectivity index (χ0n) is 26.7. The number of para-hydroxylation sites is 3. The van der Waals surface area contributed by atoms with Gasteiger partial charge in [0.25, 0.3) is 0 Å². The second-order valence-corrected chi connectivity index (χ2v) is 12.3. The molecule has 0 N–H and O–H groups in total. The van der Waals surface area contributed by atoms with Crippen LogP contribution in [-0.4, -0.2) is 9.13 Å². The summed E-state index contributed by atoms with van der Waals surface area (Å²) in [6, 6.07) is 57.8. The summed E-state index contributed by atoms with van der Waals surface area (Å²) >= 11 is 0. The molecule has 0 aliphatic carbocycles. The normalized spacial score (nSPS) is 11.1. The van der Waals surface area contributed by atoms with Crippen LogP contribution >= 0.6 is 0 Å². The molecule has 0 aliphatic heterocycles. The van der Waals surface area contributed by atoms with Crippen molar-refractivity contribution in [1.82, 2.24) is 9.13 Å². The molecule has 5 heteroatoms. The Hall–Kier alpha value is -7.39. The second kappa shape index (κ2) is 11.4. The summed E-state index contributed by atoms with van der Waals surface area (Å²) in [5.41, 5.74) is 11.6. The Kier molecular flexibility index (Phi) is 6.56. The lowest BCUT2D eigenvalue weighted by Gasteiger charge is -2.16. The van der Waals surface area contributed by atoms with Gasteiger partial charge in [0.15, 0.2) is 0 Å². The number of fused-ring (bicyclic) bond motifs is 6. The summed E-state index contributed by atoms with van der Waals surface area (Å²) in [6.45, 7) is 0. The largest absolute Gasteiger partial charge is 0.309 e. The van der Waals surface area contributed by atoms with Crippen LogP contribution in [0.25, 0.3) is 77.2 Å². The topological polar surface area (TPSA) is 81.2 Å². The molecule has 0 atom stereocenters. The van der Waals surface area contributed by atoms with Crippen LogP contribution in [0.3, 0.4) is 0 Å². The van der Waals surface area contributed by atoms with Crippen molar-refractivity contribution >= 4 is 43.6 Å². The van der Waals surface area contributed by atoms with Crippen molar-refractivity contribution in [2.24, 2.45) is 0 Å². The predicted octanol–water partition coefficient (Wildman–Crippen LogP) is 10.8. The van der Waals surface area contributed by atoms with Gasteiger partial charge >= 0.3 is 0 Å². The van der Waals surface area contributed by atoms with Crippen LogP contribution < -0.4 is 0 Å². The number of rotatable bonds is 4. The monoisotopic (exact) mass is 635 g/mol. The lowest BCUT2D eigenvalue weighted by molar-refractivity contribution is 1.18. The van der Waals surface area contributed by atoms with Crippen molar-refractivity contribution in [1.29, 1.82) is 15.8 Å². The molecule has 7 aromatic carbocycles. The van der Waals surface area contributed by atoms with E-state index in [-0.39, 0.29) is 0 Å². The van der Waals surface area contributed by atoms with Crippen molar-refractivity contribution in [2.75, 3.05) is 0 Å². The molecule has 0 saturated carbocycles. The predicted molar refractivity (Wildman–Crippen MR) is 200 cm³/mol. The molecule has 5 nitrogen and oxygen atoms in total. The van der Waals surface area contributed by atoms with Crippen LogP contribution in [0, 0.1) is 34.0 Å². The first-order chi connectivity index (χ1) is 24.7. The minimum atomic E-state index is 0.563. The number of hydrogen-bond acceptors (Lipinski definition) is 3. The van der Waals surface area contributed by atoms with E-state index in [4.69, 9.17) is 0 Å².